The number of nitrogens with zero attached hydrogens (tertiary/aromatic N) is 1. The van der Waals surface area contributed by atoms with Crippen molar-refractivity contribution in [3.05, 3.63) is 29.6 Å². The molecular formula is C17H25BFNO3. The zero-order chi connectivity index (χ0) is 16.7. The van der Waals surface area contributed by atoms with Gasteiger partial charge in [0.25, 0.3) is 0 Å². The van der Waals surface area contributed by atoms with E-state index in [0.29, 0.717) is 5.46 Å². The lowest BCUT2D eigenvalue weighted by Crippen LogP contribution is -2.41. The Morgan fingerprint density at radius 3 is 2.30 bits per heavy atom. The molecule has 0 saturated carbocycles. The highest BCUT2D eigenvalue weighted by Crippen LogP contribution is 2.36. The van der Waals surface area contributed by atoms with E-state index in [-0.39, 0.29) is 5.82 Å². The molecule has 0 spiro atoms. The second kappa shape index (κ2) is 6.17. The average Bonchev–Trinajstić information content (AvgIpc) is 2.70. The van der Waals surface area contributed by atoms with Gasteiger partial charge in [0.2, 0.25) is 0 Å². The molecule has 2 fully saturated rings. The minimum Gasteiger partial charge on any atom is -0.399 e. The van der Waals surface area contributed by atoms with Gasteiger partial charge in [-0.15, -0.1) is 0 Å². The van der Waals surface area contributed by atoms with E-state index in [2.05, 4.69) is 4.90 Å². The van der Waals surface area contributed by atoms with Crippen LogP contribution in [0.1, 0.15) is 33.3 Å². The summed E-state index contributed by atoms with van der Waals surface area (Å²) in [6.45, 7) is 12.0. The summed E-state index contributed by atoms with van der Waals surface area (Å²) in [5.41, 5.74) is 0.613. The average molecular weight is 321 g/mol. The highest BCUT2D eigenvalue weighted by molar-refractivity contribution is 6.62. The van der Waals surface area contributed by atoms with Gasteiger partial charge in [-0.2, -0.15) is 0 Å². The van der Waals surface area contributed by atoms with Crippen LogP contribution in [-0.2, 0) is 20.6 Å². The first kappa shape index (κ1) is 16.9. The Balaban J connectivity index is 1.78. The van der Waals surface area contributed by atoms with Crippen LogP contribution in [0.4, 0.5) is 4.39 Å². The summed E-state index contributed by atoms with van der Waals surface area (Å²) in [5, 5.41) is 0. The third-order valence-corrected chi connectivity index (χ3v) is 5.08. The summed E-state index contributed by atoms with van der Waals surface area (Å²) in [4.78, 5) is 2.31. The Bertz CT molecular complexity index is 557. The van der Waals surface area contributed by atoms with Crippen LogP contribution in [0.5, 0.6) is 0 Å². The monoisotopic (exact) mass is 321 g/mol. The van der Waals surface area contributed by atoms with Crippen molar-refractivity contribution in [1.29, 1.82) is 0 Å². The van der Waals surface area contributed by atoms with E-state index in [0.717, 1.165) is 38.4 Å². The number of ether oxygens (including phenoxy) is 1. The Morgan fingerprint density at radius 1 is 1.09 bits per heavy atom. The Hall–Kier alpha value is -0.945. The predicted octanol–water partition coefficient (Wildman–Crippen LogP) is 1.96. The zero-order valence-electron chi connectivity index (χ0n) is 14.4. The molecule has 126 valence electrons. The van der Waals surface area contributed by atoms with E-state index in [1.807, 2.05) is 39.8 Å². The van der Waals surface area contributed by atoms with Crippen LogP contribution in [0.15, 0.2) is 18.2 Å². The SMILES string of the molecule is CC1(C)OB(c2cc(CN3CCOCC3)ccc2F)OC1(C)C. The van der Waals surface area contributed by atoms with Crippen LogP contribution >= 0.6 is 0 Å². The molecule has 0 unspecified atom stereocenters. The summed E-state index contributed by atoms with van der Waals surface area (Å²) in [7, 11) is -0.662. The molecule has 4 nitrogen and oxygen atoms in total. The van der Waals surface area contributed by atoms with Crippen molar-refractivity contribution >= 4 is 12.6 Å². The van der Waals surface area contributed by atoms with Crippen LogP contribution in [-0.4, -0.2) is 49.5 Å². The third kappa shape index (κ3) is 3.45. The summed E-state index contributed by atoms with van der Waals surface area (Å²) in [6, 6.07) is 5.21. The van der Waals surface area contributed by atoms with E-state index in [1.54, 1.807) is 0 Å². The molecule has 2 heterocycles. The second-order valence-corrected chi connectivity index (χ2v) is 7.33. The Morgan fingerprint density at radius 2 is 1.70 bits per heavy atom. The van der Waals surface area contributed by atoms with Crippen LogP contribution in [0.3, 0.4) is 0 Å². The van der Waals surface area contributed by atoms with E-state index in [4.69, 9.17) is 14.0 Å². The molecule has 0 atom stereocenters. The lowest BCUT2D eigenvalue weighted by molar-refractivity contribution is 0.00578. The number of morpholine rings is 1. The molecule has 1 aromatic carbocycles. The maximum Gasteiger partial charge on any atom is 0.497 e. The lowest BCUT2D eigenvalue weighted by atomic mass is 9.78. The fourth-order valence-electron chi connectivity index (χ4n) is 2.86. The van der Waals surface area contributed by atoms with Crippen molar-refractivity contribution in [1.82, 2.24) is 4.90 Å². The van der Waals surface area contributed by atoms with Gasteiger partial charge in [0.1, 0.15) is 5.82 Å². The molecule has 2 aliphatic rings. The van der Waals surface area contributed by atoms with Crippen LogP contribution in [0.25, 0.3) is 0 Å². The summed E-state index contributed by atoms with van der Waals surface area (Å²) >= 11 is 0. The first-order valence-electron chi connectivity index (χ1n) is 8.22. The minimum absolute atomic E-state index is 0.283. The van der Waals surface area contributed by atoms with Crippen molar-refractivity contribution in [2.75, 3.05) is 26.3 Å². The molecule has 0 amide bonds. The van der Waals surface area contributed by atoms with Crippen molar-refractivity contribution in [3.63, 3.8) is 0 Å². The fraction of sp³-hybridized carbons (Fsp3) is 0.647. The number of hydrogen-bond donors (Lipinski definition) is 0. The first-order chi connectivity index (χ1) is 10.8. The van der Waals surface area contributed by atoms with Gasteiger partial charge in [-0.3, -0.25) is 4.90 Å². The molecule has 1 aromatic rings. The first-order valence-corrected chi connectivity index (χ1v) is 8.22. The molecule has 0 bridgehead atoms. The molecule has 0 aliphatic carbocycles. The molecule has 3 rings (SSSR count). The topological polar surface area (TPSA) is 30.9 Å². The Kier molecular flexibility index (Phi) is 4.53. The highest BCUT2D eigenvalue weighted by atomic mass is 19.1. The van der Waals surface area contributed by atoms with Crippen molar-refractivity contribution in [2.24, 2.45) is 0 Å². The smallest absolute Gasteiger partial charge is 0.399 e. The zero-order valence-corrected chi connectivity index (χ0v) is 14.4. The molecule has 6 heteroatoms. The number of halogens is 1. The number of benzene rings is 1. The van der Waals surface area contributed by atoms with Crippen molar-refractivity contribution in [3.8, 4) is 0 Å². The molecule has 2 aliphatic heterocycles. The molecule has 0 radical (unpaired) electrons. The van der Waals surface area contributed by atoms with Gasteiger partial charge >= 0.3 is 7.12 Å². The van der Waals surface area contributed by atoms with Gasteiger partial charge in [0.15, 0.2) is 0 Å². The van der Waals surface area contributed by atoms with Crippen LogP contribution in [0.2, 0.25) is 0 Å². The third-order valence-electron chi connectivity index (χ3n) is 5.08. The number of hydrogen-bond acceptors (Lipinski definition) is 4. The van der Waals surface area contributed by atoms with Crippen molar-refractivity contribution < 1.29 is 18.4 Å². The molecule has 2 saturated heterocycles. The van der Waals surface area contributed by atoms with E-state index in [1.165, 1.54) is 6.07 Å². The van der Waals surface area contributed by atoms with Gasteiger partial charge in [-0.1, -0.05) is 12.1 Å². The second-order valence-electron chi connectivity index (χ2n) is 7.33. The quantitative estimate of drug-likeness (QED) is 0.797. The summed E-state index contributed by atoms with van der Waals surface area (Å²) in [6.07, 6.45) is 0. The minimum atomic E-state index is -0.662. The molecule has 0 N–H and O–H groups in total. The van der Waals surface area contributed by atoms with Gasteiger partial charge in [0, 0.05) is 25.1 Å². The maximum absolute atomic E-state index is 14.3. The lowest BCUT2D eigenvalue weighted by Gasteiger charge is -2.32. The summed E-state index contributed by atoms with van der Waals surface area (Å²) in [5.74, 6) is -0.283. The maximum atomic E-state index is 14.3. The number of rotatable bonds is 3. The molecule has 23 heavy (non-hydrogen) atoms. The van der Waals surface area contributed by atoms with Gasteiger partial charge < -0.3 is 14.0 Å². The summed E-state index contributed by atoms with van der Waals surface area (Å²) < 4.78 is 31.6. The van der Waals surface area contributed by atoms with Crippen LogP contribution in [0, 0.1) is 5.82 Å². The fourth-order valence-corrected chi connectivity index (χ4v) is 2.86. The molecule has 0 aromatic heterocycles. The molecular weight excluding hydrogens is 296 g/mol. The normalized spacial score (nSPS) is 24.1. The van der Waals surface area contributed by atoms with Gasteiger partial charge in [-0.25, -0.2) is 4.39 Å². The van der Waals surface area contributed by atoms with Crippen LogP contribution < -0.4 is 5.46 Å². The van der Waals surface area contributed by atoms with E-state index >= 15 is 0 Å². The van der Waals surface area contributed by atoms with Crippen molar-refractivity contribution in [2.45, 2.75) is 45.4 Å². The van der Waals surface area contributed by atoms with Gasteiger partial charge in [0.05, 0.1) is 24.4 Å². The predicted molar refractivity (Wildman–Crippen MR) is 88.2 cm³/mol. The van der Waals surface area contributed by atoms with Gasteiger partial charge in [-0.05, 0) is 39.3 Å². The standard InChI is InChI=1S/C17H25BFNO3/c1-16(2)17(3,4)23-18(22-16)14-11-13(5-6-15(14)19)12-20-7-9-21-10-8-20/h5-6,11H,7-10,12H2,1-4H3. The van der Waals surface area contributed by atoms with E-state index in [9.17, 15) is 4.39 Å². The largest absolute Gasteiger partial charge is 0.497 e. The van der Waals surface area contributed by atoms with E-state index < -0.39 is 18.3 Å². The Labute approximate surface area is 138 Å². The highest BCUT2D eigenvalue weighted by Gasteiger charge is 2.52.